The monoisotopic (exact) mass is 448 g/mol. The summed E-state index contributed by atoms with van der Waals surface area (Å²) < 4.78 is 6.32. The molecule has 0 aliphatic heterocycles. The largest absolute Gasteiger partial charge is 0.462 e. The van der Waals surface area contributed by atoms with E-state index in [-0.39, 0.29) is 17.7 Å². The second kappa shape index (κ2) is 10.8. The van der Waals surface area contributed by atoms with E-state index in [4.69, 9.17) is 4.74 Å². The lowest BCUT2D eigenvalue weighted by Crippen LogP contribution is -2.44. The number of carbonyl (C=O) groups is 3. The van der Waals surface area contributed by atoms with Crippen molar-refractivity contribution < 1.29 is 19.1 Å². The maximum Gasteiger partial charge on any atom is 0.338 e. The summed E-state index contributed by atoms with van der Waals surface area (Å²) in [5.74, 6) is -1.04. The van der Waals surface area contributed by atoms with Crippen LogP contribution in [0.15, 0.2) is 71.7 Å². The molecule has 170 valence electrons. The highest BCUT2D eigenvalue weighted by molar-refractivity contribution is 5.97. The summed E-state index contributed by atoms with van der Waals surface area (Å²) in [5.41, 5.74) is 7.31. The second-order valence-electron chi connectivity index (χ2n) is 7.20. The van der Waals surface area contributed by atoms with Crippen molar-refractivity contribution in [2.75, 3.05) is 11.9 Å². The standard InChI is InChI=1S/C24H24N4O5/c1-3-33-23(31)18-8-11-20(12-9-18)25-24(32)27-26-22(30)19-10-13-21(29)28(15-19)14-17-6-4-16(2)5-7-17/h4-13,15H,3,14H2,1-2H3,(H,26,30)(H2,25,27,32). The first-order valence-electron chi connectivity index (χ1n) is 10.3. The molecule has 0 unspecified atom stereocenters. The van der Waals surface area contributed by atoms with Gasteiger partial charge in [-0.15, -0.1) is 0 Å². The van der Waals surface area contributed by atoms with Gasteiger partial charge in [0.25, 0.3) is 11.5 Å². The number of anilines is 1. The summed E-state index contributed by atoms with van der Waals surface area (Å²) in [5, 5.41) is 2.53. The molecule has 0 aliphatic rings. The van der Waals surface area contributed by atoms with Gasteiger partial charge in [0.1, 0.15) is 0 Å². The Morgan fingerprint density at radius 2 is 1.55 bits per heavy atom. The number of pyridine rings is 1. The van der Waals surface area contributed by atoms with Gasteiger partial charge >= 0.3 is 12.0 Å². The van der Waals surface area contributed by atoms with Crippen LogP contribution in [0.5, 0.6) is 0 Å². The van der Waals surface area contributed by atoms with Crippen molar-refractivity contribution in [3.63, 3.8) is 0 Å². The van der Waals surface area contributed by atoms with Crippen LogP contribution in [0.3, 0.4) is 0 Å². The van der Waals surface area contributed by atoms with E-state index in [0.717, 1.165) is 11.1 Å². The molecule has 0 aliphatic carbocycles. The first-order valence-corrected chi connectivity index (χ1v) is 10.3. The quantitative estimate of drug-likeness (QED) is 0.396. The second-order valence-corrected chi connectivity index (χ2v) is 7.20. The van der Waals surface area contributed by atoms with E-state index >= 15 is 0 Å². The molecule has 3 aromatic rings. The summed E-state index contributed by atoms with van der Waals surface area (Å²) in [6, 6.07) is 15.8. The Morgan fingerprint density at radius 3 is 2.21 bits per heavy atom. The first kappa shape index (κ1) is 23.3. The number of aryl methyl sites for hydroxylation is 1. The minimum atomic E-state index is -0.680. The van der Waals surface area contributed by atoms with Crippen LogP contribution in [0, 0.1) is 6.92 Å². The van der Waals surface area contributed by atoms with Crippen LogP contribution in [0.25, 0.3) is 0 Å². The fraction of sp³-hybridized carbons (Fsp3) is 0.167. The van der Waals surface area contributed by atoms with Crippen molar-refractivity contribution in [3.8, 4) is 0 Å². The lowest BCUT2D eigenvalue weighted by Gasteiger charge is -2.11. The number of esters is 1. The number of ether oxygens (including phenoxy) is 1. The van der Waals surface area contributed by atoms with Crippen LogP contribution in [-0.4, -0.2) is 29.1 Å². The maximum absolute atomic E-state index is 12.4. The van der Waals surface area contributed by atoms with Crippen molar-refractivity contribution in [3.05, 3.63) is 99.5 Å². The highest BCUT2D eigenvalue weighted by Gasteiger charge is 2.11. The molecule has 3 rings (SSSR count). The first-order chi connectivity index (χ1) is 15.9. The number of nitrogens with one attached hydrogen (secondary N) is 3. The summed E-state index contributed by atoms with van der Waals surface area (Å²) in [4.78, 5) is 48.3. The Morgan fingerprint density at radius 1 is 0.879 bits per heavy atom. The average molecular weight is 448 g/mol. The lowest BCUT2D eigenvalue weighted by molar-refractivity contribution is 0.0526. The lowest BCUT2D eigenvalue weighted by atomic mass is 10.1. The molecular weight excluding hydrogens is 424 g/mol. The summed E-state index contributed by atoms with van der Waals surface area (Å²) in [6.45, 7) is 4.27. The average Bonchev–Trinajstić information content (AvgIpc) is 2.81. The van der Waals surface area contributed by atoms with Crippen LogP contribution in [-0.2, 0) is 11.3 Å². The molecule has 0 spiro atoms. The molecule has 3 N–H and O–H groups in total. The fourth-order valence-corrected chi connectivity index (χ4v) is 2.93. The topological polar surface area (TPSA) is 119 Å². The molecule has 3 amide bonds. The predicted molar refractivity (Wildman–Crippen MR) is 123 cm³/mol. The van der Waals surface area contributed by atoms with Crippen molar-refractivity contribution in [1.29, 1.82) is 0 Å². The molecule has 1 heterocycles. The van der Waals surface area contributed by atoms with Gasteiger partial charge < -0.3 is 14.6 Å². The van der Waals surface area contributed by atoms with Gasteiger partial charge in [-0.25, -0.2) is 15.0 Å². The molecular formula is C24H24N4O5. The minimum absolute atomic E-state index is 0.209. The predicted octanol–water partition coefficient (Wildman–Crippen LogP) is 2.85. The van der Waals surface area contributed by atoms with Gasteiger partial charge in [0, 0.05) is 18.0 Å². The zero-order valence-corrected chi connectivity index (χ0v) is 18.3. The fourth-order valence-electron chi connectivity index (χ4n) is 2.93. The van der Waals surface area contributed by atoms with Gasteiger partial charge in [-0.3, -0.25) is 15.0 Å². The summed E-state index contributed by atoms with van der Waals surface area (Å²) in [7, 11) is 0. The molecule has 0 bridgehead atoms. The van der Waals surface area contributed by atoms with Gasteiger partial charge in [-0.1, -0.05) is 29.8 Å². The van der Waals surface area contributed by atoms with Crippen molar-refractivity contribution in [2.45, 2.75) is 20.4 Å². The van der Waals surface area contributed by atoms with Crippen LogP contribution in [0.4, 0.5) is 10.5 Å². The van der Waals surface area contributed by atoms with E-state index in [0.29, 0.717) is 17.8 Å². The van der Waals surface area contributed by atoms with Crippen LogP contribution < -0.4 is 21.7 Å². The minimum Gasteiger partial charge on any atom is -0.462 e. The summed E-state index contributed by atoms with van der Waals surface area (Å²) >= 11 is 0. The Balaban J connectivity index is 1.56. The van der Waals surface area contributed by atoms with Gasteiger partial charge in [-0.2, -0.15) is 0 Å². The van der Waals surface area contributed by atoms with E-state index in [9.17, 15) is 19.2 Å². The molecule has 1 aromatic heterocycles. The van der Waals surface area contributed by atoms with Crippen molar-refractivity contribution in [1.82, 2.24) is 15.4 Å². The maximum atomic E-state index is 12.4. The Kier molecular flexibility index (Phi) is 7.59. The smallest absolute Gasteiger partial charge is 0.338 e. The number of amides is 3. The number of hydrogen-bond acceptors (Lipinski definition) is 5. The van der Waals surface area contributed by atoms with E-state index < -0.39 is 17.9 Å². The third kappa shape index (κ3) is 6.54. The van der Waals surface area contributed by atoms with Gasteiger partial charge in [-0.05, 0) is 49.7 Å². The van der Waals surface area contributed by atoms with E-state index in [1.807, 2.05) is 31.2 Å². The Hall–Kier alpha value is -4.40. The molecule has 0 fully saturated rings. The van der Waals surface area contributed by atoms with Crippen LogP contribution in [0.1, 0.15) is 38.8 Å². The molecule has 0 saturated carbocycles. The number of nitrogens with zero attached hydrogens (tertiary/aromatic N) is 1. The summed E-state index contributed by atoms with van der Waals surface area (Å²) in [6.07, 6.45) is 1.44. The van der Waals surface area contributed by atoms with Crippen LogP contribution in [0.2, 0.25) is 0 Å². The van der Waals surface area contributed by atoms with Crippen molar-refractivity contribution in [2.24, 2.45) is 0 Å². The molecule has 0 radical (unpaired) electrons. The van der Waals surface area contributed by atoms with Gasteiger partial charge in [0.05, 0.1) is 24.3 Å². The SMILES string of the molecule is CCOC(=O)c1ccc(NC(=O)NNC(=O)c2ccc(=O)n(Cc3ccc(C)cc3)c2)cc1. The molecule has 0 saturated heterocycles. The highest BCUT2D eigenvalue weighted by Crippen LogP contribution is 2.10. The number of hydrazine groups is 1. The number of hydrogen-bond donors (Lipinski definition) is 3. The van der Waals surface area contributed by atoms with E-state index in [1.165, 1.54) is 47.2 Å². The van der Waals surface area contributed by atoms with E-state index in [1.54, 1.807) is 6.92 Å². The normalized spacial score (nSPS) is 10.2. The zero-order valence-electron chi connectivity index (χ0n) is 18.3. The Bertz CT molecular complexity index is 1200. The van der Waals surface area contributed by atoms with Crippen LogP contribution >= 0.6 is 0 Å². The molecule has 9 heteroatoms. The number of benzene rings is 2. The highest BCUT2D eigenvalue weighted by atomic mass is 16.5. The molecule has 0 atom stereocenters. The van der Waals surface area contributed by atoms with E-state index in [2.05, 4.69) is 16.2 Å². The molecule has 9 nitrogen and oxygen atoms in total. The third-order valence-electron chi connectivity index (χ3n) is 4.66. The van der Waals surface area contributed by atoms with Gasteiger partial charge in [0.2, 0.25) is 0 Å². The third-order valence-corrected chi connectivity index (χ3v) is 4.66. The number of carbonyl (C=O) groups excluding carboxylic acids is 3. The number of rotatable bonds is 6. The molecule has 2 aromatic carbocycles. The Labute approximate surface area is 190 Å². The van der Waals surface area contributed by atoms with Gasteiger partial charge in [0.15, 0.2) is 0 Å². The zero-order chi connectivity index (χ0) is 23.8. The number of urea groups is 1. The van der Waals surface area contributed by atoms with Crippen molar-refractivity contribution >= 4 is 23.6 Å². The number of aromatic nitrogens is 1. The molecule has 33 heavy (non-hydrogen) atoms.